The van der Waals surface area contributed by atoms with Crippen LogP contribution in [-0.2, 0) is 32.7 Å². The lowest BCUT2D eigenvalue weighted by Crippen LogP contribution is -2.37. The van der Waals surface area contributed by atoms with Crippen molar-refractivity contribution in [1.82, 2.24) is 0 Å². The number of likely N-dealkylation sites (N-methyl/N-ethyl adjacent to an activating group) is 1. The average Bonchev–Trinajstić information content (AvgIpc) is 3.42. The highest BCUT2D eigenvalue weighted by Gasteiger charge is 2.27. The number of phosphoric ester groups is 1. The van der Waals surface area contributed by atoms with Crippen molar-refractivity contribution in [3.05, 3.63) is 48.6 Å². The molecule has 0 spiro atoms. The van der Waals surface area contributed by atoms with Gasteiger partial charge in [0, 0.05) is 12.8 Å². The largest absolute Gasteiger partial charge is 0.472 e. The number of phosphoric acid groups is 1. The minimum Gasteiger partial charge on any atom is -0.462 e. The second-order valence-corrected chi connectivity index (χ2v) is 26.0. The fourth-order valence-electron chi connectivity index (χ4n) is 10.1. The number of quaternary nitrogens is 1. The van der Waals surface area contributed by atoms with Crippen LogP contribution in [0, 0.1) is 0 Å². The zero-order valence-electron chi connectivity index (χ0n) is 53.6. The molecular formula is C70H133NO8P+. The first-order valence-corrected chi connectivity index (χ1v) is 35.9. The summed E-state index contributed by atoms with van der Waals surface area (Å²) in [6.07, 6.45) is 79.7. The van der Waals surface area contributed by atoms with Crippen LogP contribution in [0.15, 0.2) is 48.6 Å². The highest BCUT2D eigenvalue weighted by atomic mass is 31.2. The van der Waals surface area contributed by atoms with Gasteiger partial charge in [-0.15, -0.1) is 0 Å². The number of ether oxygens (including phenoxy) is 2. The predicted molar refractivity (Wildman–Crippen MR) is 344 cm³/mol. The predicted octanol–water partition coefficient (Wildman–Crippen LogP) is 22.1. The molecule has 470 valence electrons. The second-order valence-electron chi connectivity index (χ2n) is 24.5. The van der Waals surface area contributed by atoms with Crippen molar-refractivity contribution in [2.75, 3.05) is 47.5 Å². The topological polar surface area (TPSA) is 108 Å². The summed E-state index contributed by atoms with van der Waals surface area (Å²) >= 11 is 0. The minimum absolute atomic E-state index is 0.0266. The molecule has 2 atom stereocenters. The number of esters is 2. The highest BCUT2D eigenvalue weighted by molar-refractivity contribution is 7.47. The number of carbonyl (C=O) groups excluding carboxylic acids is 2. The number of hydrogen-bond donors (Lipinski definition) is 1. The molecule has 2 unspecified atom stereocenters. The molecule has 0 fully saturated rings. The molecule has 0 aromatic carbocycles. The molecule has 0 bridgehead atoms. The van der Waals surface area contributed by atoms with Gasteiger partial charge in [-0.3, -0.25) is 18.6 Å². The molecule has 0 aromatic rings. The molecule has 0 saturated heterocycles. The van der Waals surface area contributed by atoms with E-state index < -0.39 is 26.5 Å². The molecule has 9 nitrogen and oxygen atoms in total. The smallest absolute Gasteiger partial charge is 0.462 e. The first kappa shape index (κ1) is 78.0. The zero-order valence-corrected chi connectivity index (χ0v) is 54.5. The van der Waals surface area contributed by atoms with Crippen molar-refractivity contribution in [2.24, 2.45) is 0 Å². The molecule has 0 radical (unpaired) electrons. The lowest BCUT2D eigenvalue weighted by molar-refractivity contribution is -0.870. The van der Waals surface area contributed by atoms with Gasteiger partial charge in [0.05, 0.1) is 27.7 Å². The Morgan fingerprint density at radius 1 is 0.400 bits per heavy atom. The fourth-order valence-corrected chi connectivity index (χ4v) is 10.9. The number of rotatable bonds is 64. The molecule has 0 saturated carbocycles. The SMILES string of the molecule is CC/C=C\C/C=C\C/C=C\C/C=C\CCCCCCC(=O)OC(COC(=O)CCCCCCCCCCCCCCCCCCCCCCCCCCCCCCCCCCCCCCCCC)COP(=O)(O)OCC[N+](C)(C)C. The van der Waals surface area contributed by atoms with Crippen LogP contribution in [0.2, 0.25) is 0 Å². The summed E-state index contributed by atoms with van der Waals surface area (Å²) in [5.74, 6) is -0.813. The van der Waals surface area contributed by atoms with Gasteiger partial charge >= 0.3 is 19.8 Å². The molecule has 0 aliphatic carbocycles. The van der Waals surface area contributed by atoms with Crippen LogP contribution in [0.5, 0.6) is 0 Å². The first-order valence-electron chi connectivity index (χ1n) is 34.4. The normalized spacial score (nSPS) is 13.4. The standard InChI is InChI=1S/C70H132NO8P/c1-6-8-10-12-14-16-18-20-22-24-25-26-27-28-29-30-31-32-33-34-35-36-37-38-39-40-41-42-43-44-45-47-48-50-52-54-56-58-60-62-69(72)76-66-68(67-78-80(74,75)77-65-64-71(3,4)5)79-70(73)63-61-59-57-55-53-51-49-46-23-21-19-17-15-13-11-9-7-2/h9,11,15,17,21,23,49,51,68H,6-8,10,12-14,16,18-20,22,24-48,50,52-67H2,1-5H3/p+1/b11-9-,17-15-,23-21-,51-49-. The molecule has 0 aliphatic rings. The Bertz CT molecular complexity index is 1490. The van der Waals surface area contributed by atoms with Crippen LogP contribution >= 0.6 is 7.82 Å². The van der Waals surface area contributed by atoms with Gasteiger partial charge in [0.1, 0.15) is 19.8 Å². The van der Waals surface area contributed by atoms with Crippen LogP contribution < -0.4 is 0 Å². The van der Waals surface area contributed by atoms with Crippen LogP contribution in [0.1, 0.15) is 335 Å². The molecule has 0 aromatic heterocycles. The molecule has 0 amide bonds. The molecule has 0 rings (SSSR count). The number of unbranched alkanes of at least 4 members (excludes halogenated alkanes) is 42. The van der Waals surface area contributed by atoms with E-state index in [2.05, 4.69) is 62.5 Å². The van der Waals surface area contributed by atoms with E-state index in [1.807, 2.05) is 21.1 Å². The number of nitrogens with zero attached hydrogens (tertiary/aromatic N) is 1. The van der Waals surface area contributed by atoms with Gasteiger partial charge in [0.25, 0.3) is 0 Å². The van der Waals surface area contributed by atoms with E-state index in [0.29, 0.717) is 17.4 Å². The maximum atomic E-state index is 12.8. The quantitative estimate of drug-likeness (QED) is 0.0211. The van der Waals surface area contributed by atoms with E-state index >= 15 is 0 Å². The second kappa shape index (κ2) is 61.5. The molecule has 80 heavy (non-hydrogen) atoms. The highest BCUT2D eigenvalue weighted by Crippen LogP contribution is 2.43. The third-order valence-electron chi connectivity index (χ3n) is 15.4. The molecule has 0 heterocycles. The van der Waals surface area contributed by atoms with Crippen LogP contribution in [0.4, 0.5) is 0 Å². The van der Waals surface area contributed by atoms with Gasteiger partial charge in [0.2, 0.25) is 0 Å². The summed E-state index contributed by atoms with van der Waals surface area (Å²) in [7, 11) is 1.47. The van der Waals surface area contributed by atoms with E-state index in [9.17, 15) is 19.0 Å². The maximum absolute atomic E-state index is 12.8. The van der Waals surface area contributed by atoms with Gasteiger partial charge in [-0.1, -0.05) is 319 Å². The minimum atomic E-state index is -4.39. The van der Waals surface area contributed by atoms with E-state index in [4.69, 9.17) is 18.5 Å². The van der Waals surface area contributed by atoms with E-state index in [1.54, 1.807) is 0 Å². The summed E-state index contributed by atoms with van der Waals surface area (Å²) in [4.78, 5) is 35.7. The zero-order chi connectivity index (χ0) is 58.4. The number of allylic oxidation sites excluding steroid dienone is 8. The number of hydrogen-bond acceptors (Lipinski definition) is 7. The molecule has 10 heteroatoms. The summed E-state index contributed by atoms with van der Waals surface area (Å²) in [6, 6.07) is 0. The van der Waals surface area contributed by atoms with E-state index in [0.717, 1.165) is 70.6 Å². The Labute approximate surface area is 496 Å². The summed E-state index contributed by atoms with van der Waals surface area (Å²) < 4.78 is 34.6. The van der Waals surface area contributed by atoms with Gasteiger partial charge in [-0.05, 0) is 51.4 Å². The molecule has 0 aliphatic heterocycles. The monoisotopic (exact) mass is 1150 g/mol. The summed E-state index contributed by atoms with van der Waals surface area (Å²) in [5.41, 5.74) is 0. The van der Waals surface area contributed by atoms with Crippen molar-refractivity contribution in [3.8, 4) is 0 Å². The van der Waals surface area contributed by atoms with E-state index in [-0.39, 0.29) is 32.0 Å². The van der Waals surface area contributed by atoms with Crippen molar-refractivity contribution >= 4 is 19.8 Å². The van der Waals surface area contributed by atoms with Crippen LogP contribution in [0.3, 0.4) is 0 Å². The average molecular weight is 1150 g/mol. The summed E-state index contributed by atoms with van der Waals surface area (Å²) in [5, 5.41) is 0. The van der Waals surface area contributed by atoms with Gasteiger partial charge < -0.3 is 18.9 Å². The number of carbonyl (C=O) groups is 2. The summed E-state index contributed by atoms with van der Waals surface area (Å²) in [6.45, 7) is 4.33. The molecule has 1 N–H and O–H groups in total. The van der Waals surface area contributed by atoms with Crippen LogP contribution in [0.25, 0.3) is 0 Å². The first-order chi connectivity index (χ1) is 39.0. The maximum Gasteiger partial charge on any atom is 0.472 e. The van der Waals surface area contributed by atoms with Gasteiger partial charge in [0.15, 0.2) is 6.10 Å². The lowest BCUT2D eigenvalue weighted by atomic mass is 10.0. The van der Waals surface area contributed by atoms with Crippen molar-refractivity contribution < 1.29 is 42.1 Å². The van der Waals surface area contributed by atoms with Crippen molar-refractivity contribution in [3.63, 3.8) is 0 Å². The Morgan fingerprint density at radius 3 is 1.06 bits per heavy atom. The fraction of sp³-hybridized carbons (Fsp3) is 0.857. The van der Waals surface area contributed by atoms with Gasteiger partial charge in [-0.2, -0.15) is 0 Å². The van der Waals surface area contributed by atoms with Crippen molar-refractivity contribution in [2.45, 2.75) is 341 Å². The van der Waals surface area contributed by atoms with Crippen molar-refractivity contribution in [1.29, 1.82) is 0 Å². The lowest BCUT2D eigenvalue weighted by Gasteiger charge is -2.24. The third kappa shape index (κ3) is 65.1. The van der Waals surface area contributed by atoms with Crippen LogP contribution in [-0.4, -0.2) is 74.9 Å². The third-order valence-corrected chi connectivity index (χ3v) is 16.4. The molecular weight excluding hydrogens is 1010 g/mol. The Kier molecular flexibility index (Phi) is 60.0. The van der Waals surface area contributed by atoms with E-state index in [1.165, 1.54) is 231 Å². The Morgan fingerprint density at radius 2 is 0.713 bits per heavy atom. The Hall–Kier alpha value is -2.03. The van der Waals surface area contributed by atoms with Gasteiger partial charge in [-0.25, -0.2) is 4.57 Å². The Balaban J connectivity index is 3.88.